The SMILES string of the molecule is CCCCCCCOc1c(OCCCCCCC)c(/C=C(\C#N)C(=O)OCCc2cccs2)c2c(=O)c2c1O. The molecule has 8 heteroatoms. The molecule has 3 rings (SSSR count). The number of carbonyl (C=O) groups is 1. The number of aromatic hydroxyl groups is 1. The van der Waals surface area contributed by atoms with Gasteiger partial charge in [-0.3, -0.25) is 4.79 Å². The number of esters is 1. The van der Waals surface area contributed by atoms with E-state index in [1.807, 2.05) is 23.6 Å². The lowest BCUT2D eigenvalue weighted by Gasteiger charge is -2.16. The number of hydrogen-bond donors (Lipinski definition) is 1. The molecule has 1 N–H and O–H groups in total. The second-order valence-electron chi connectivity index (χ2n) is 9.66. The highest BCUT2D eigenvalue weighted by Crippen LogP contribution is 2.48. The van der Waals surface area contributed by atoms with Crippen molar-refractivity contribution in [2.75, 3.05) is 19.8 Å². The Morgan fingerprint density at radius 1 is 0.949 bits per heavy atom. The third-order valence-electron chi connectivity index (χ3n) is 6.59. The summed E-state index contributed by atoms with van der Waals surface area (Å²) in [6, 6.07) is 5.78. The van der Waals surface area contributed by atoms with Gasteiger partial charge in [0.1, 0.15) is 11.6 Å². The Labute approximate surface area is 234 Å². The van der Waals surface area contributed by atoms with E-state index in [4.69, 9.17) is 14.2 Å². The van der Waals surface area contributed by atoms with Crippen LogP contribution in [0.3, 0.4) is 0 Å². The summed E-state index contributed by atoms with van der Waals surface area (Å²) in [5, 5.41) is 22.9. The van der Waals surface area contributed by atoms with Crippen LogP contribution in [0.1, 0.15) is 88.5 Å². The standard InChI is InChI=1S/C31H39NO6S/c1-3-5-7-9-11-16-36-29-24(20-22(21-32)31(35)38-18-15-23-14-13-19-39-23)25-26(27(25)33)28(34)30(29)37-17-12-10-8-6-4-2/h13-14,19-20,34H,3-12,15-18H2,1-2H3/b22-20+. The van der Waals surface area contributed by atoms with Gasteiger partial charge in [0.2, 0.25) is 5.75 Å². The minimum atomic E-state index is -0.770. The molecule has 2 aromatic carbocycles. The van der Waals surface area contributed by atoms with Gasteiger partial charge in [0.15, 0.2) is 16.9 Å². The van der Waals surface area contributed by atoms with Gasteiger partial charge in [-0.2, -0.15) is 5.26 Å². The topological polar surface area (TPSA) is 106 Å². The van der Waals surface area contributed by atoms with Crippen molar-refractivity contribution in [3.8, 4) is 23.3 Å². The van der Waals surface area contributed by atoms with E-state index in [-0.39, 0.29) is 51.2 Å². The number of carbonyl (C=O) groups excluding carboxylic acids is 1. The van der Waals surface area contributed by atoms with Gasteiger partial charge in [0, 0.05) is 22.2 Å². The zero-order valence-electron chi connectivity index (χ0n) is 23.1. The highest BCUT2D eigenvalue weighted by atomic mass is 32.1. The fourth-order valence-corrected chi connectivity index (χ4v) is 5.03. The summed E-state index contributed by atoms with van der Waals surface area (Å²) >= 11 is 1.57. The van der Waals surface area contributed by atoms with E-state index in [1.54, 1.807) is 11.3 Å². The predicted octanol–water partition coefficient (Wildman–Crippen LogP) is 7.23. The number of phenols is 1. The van der Waals surface area contributed by atoms with Crippen LogP contribution in [0, 0.1) is 11.3 Å². The van der Waals surface area contributed by atoms with Crippen molar-refractivity contribution in [3.63, 3.8) is 0 Å². The van der Waals surface area contributed by atoms with Gasteiger partial charge in [-0.1, -0.05) is 71.3 Å². The quantitative estimate of drug-likeness (QED) is 0.0722. The monoisotopic (exact) mass is 553 g/mol. The van der Waals surface area contributed by atoms with E-state index < -0.39 is 5.97 Å². The molecule has 7 nitrogen and oxygen atoms in total. The van der Waals surface area contributed by atoms with E-state index in [1.165, 1.54) is 6.08 Å². The number of benzene rings is 1. The summed E-state index contributed by atoms with van der Waals surface area (Å²) in [6.07, 6.45) is 12.2. The molecule has 0 spiro atoms. The molecule has 0 saturated heterocycles. The molecule has 0 amide bonds. The fourth-order valence-electron chi connectivity index (χ4n) is 4.34. The molecule has 0 bridgehead atoms. The zero-order chi connectivity index (χ0) is 28.0. The Hall–Kier alpha value is -3.31. The molecular weight excluding hydrogens is 514 g/mol. The minimum Gasteiger partial charge on any atom is -0.504 e. The second kappa shape index (κ2) is 15.9. The van der Waals surface area contributed by atoms with Crippen molar-refractivity contribution < 1.29 is 24.1 Å². The van der Waals surface area contributed by atoms with E-state index in [9.17, 15) is 20.0 Å². The van der Waals surface area contributed by atoms with Crippen LogP contribution in [0.4, 0.5) is 0 Å². The summed E-state index contributed by atoms with van der Waals surface area (Å²) in [7, 11) is 0. The fraction of sp³-hybridized carbons (Fsp3) is 0.516. The lowest BCUT2D eigenvalue weighted by molar-refractivity contribution is -0.138. The largest absolute Gasteiger partial charge is 0.504 e. The van der Waals surface area contributed by atoms with Crippen LogP contribution in [0.15, 0.2) is 27.9 Å². The number of nitrogens with zero attached hydrogens (tertiary/aromatic N) is 1. The summed E-state index contributed by atoms with van der Waals surface area (Å²) in [5.41, 5.74) is -0.297. The molecule has 1 heterocycles. The minimum absolute atomic E-state index is 0.0956. The molecule has 0 radical (unpaired) electrons. The molecule has 0 unspecified atom stereocenters. The van der Waals surface area contributed by atoms with Crippen LogP contribution in [0.2, 0.25) is 0 Å². The normalized spacial score (nSPS) is 11.7. The summed E-state index contributed by atoms with van der Waals surface area (Å²) in [4.78, 5) is 26.4. The molecule has 0 aliphatic carbocycles. The maximum atomic E-state index is 12.7. The number of phenolic OH excluding ortho intramolecular Hbond substituents is 1. The number of hydrogen-bond acceptors (Lipinski definition) is 8. The van der Waals surface area contributed by atoms with Crippen LogP contribution in [0.25, 0.3) is 16.8 Å². The number of fused-ring (bicyclic) bond motifs is 1. The average molecular weight is 554 g/mol. The lowest BCUT2D eigenvalue weighted by Crippen LogP contribution is -2.09. The second-order valence-corrected chi connectivity index (χ2v) is 10.7. The van der Waals surface area contributed by atoms with E-state index in [2.05, 4.69) is 13.8 Å². The molecule has 1 aromatic heterocycles. The number of nitriles is 1. The van der Waals surface area contributed by atoms with Crippen molar-refractivity contribution in [1.29, 1.82) is 5.26 Å². The highest BCUT2D eigenvalue weighted by Gasteiger charge is 2.31. The first kappa shape index (κ1) is 30.2. The van der Waals surface area contributed by atoms with Crippen LogP contribution >= 0.6 is 11.3 Å². The molecule has 0 saturated carbocycles. The Kier molecular flexibility index (Phi) is 12.4. The van der Waals surface area contributed by atoms with Crippen molar-refractivity contribution in [2.45, 2.75) is 84.5 Å². The summed E-state index contributed by atoms with van der Waals surface area (Å²) in [6.45, 7) is 5.16. The van der Waals surface area contributed by atoms with Gasteiger partial charge >= 0.3 is 5.97 Å². The van der Waals surface area contributed by atoms with Gasteiger partial charge in [0.25, 0.3) is 0 Å². The summed E-state index contributed by atoms with van der Waals surface area (Å²) < 4.78 is 17.4. The van der Waals surface area contributed by atoms with E-state index >= 15 is 0 Å². The maximum Gasteiger partial charge on any atom is 0.348 e. The van der Waals surface area contributed by atoms with Gasteiger partial charge in [-0.15, -0.1) is 11.3 Å². The van der Waals surface area contributed by atoms with Gasteiger partial charge in [-0.05, 0) is 30.4 Å². The third-order valence-corrected chi connectivity index (χ3v) is 7.53. The Morgan fingerprint density at radius 3 is 2.18 bits per heavy atom. The smallest absolute Gasteiger partial charge is 0.348 e. The Bertz CT molecular complexity index is 1280. The van der Waals surface area contributed by atoms with Crippen LogP contribution in [-0.2, 0) is 16.0 Å². The molecule has 0 fully saturated rings. The van der Waals surface area contributed by atoms with Crippen LogP contribution in [-0.4, -0.2) is 30.9 Å². The molecule has 0 aliphatic rings. The molecule has 39 heavy (non-hydrogen) atoms. The number of thiophene rings is 1. The highest BCUT2D eigenvalue weighted by molar-refractivity contribution is 7.09. The molecule has 3 aromatic rings. The first-order valence-corrected chi connectivity index (χ1v) is 15.0. The average Bonchev–Trinajstić information content (AvgIpc) is 3.32. The number of rotatable bonds is 19. The number of ether oxygens (including phenoxy) is 3. The molecule has 0 atom stereocenters. The Balaban J connectivity index is 1.83. The van der Waals surface area contributed by atoms with Gasteiger partial charge < -0.3 is 19.3 Å². The first-order chi connectivity index (χ1) is 19.0. The number of unbranched alkanes of at least 4 members (excludes halogenated alkanes) is 8. The molecule has 210 valence electrons. The Morgan fingerprint density at radius 2 is 1.59 bits per heavy atom. The molecular formula is C31H39NO6S. The predicted molar refractivity (Wildman–Crippen MR) is 155 cm³/mol. The van der Waals surface area contributed by atoms with Gasteiger partial charge in [-0.25, -0.2) is 4.79 Å². The van der Waals surface area contributed by atoms with Crippen molar-refractivity contribution in [3.05, 3.63) is 43.7 Å². The van der Waals surface area contributed by atoms with Crippen LogP contribution in [0.5, 0.6) is 17.2 Å². The summed E-state index contributed by atoms with van der Waals surface area (Å²) in [5.74, 6) is -0.717. The van der Waals surface area contributed by atoms with Crippen molar-refractivity contribution in [2.24, 2.45) is 0 Å². The molecule has 0 aliphatic heterocycles. The van der Waals surface area contributed by atoms with E-state index in [0.717, 1.165) is 69.1 Å². The van der Waals surface area contributed by atoms with Crippen LogP contribution < -0.4 is 14.9 Å². The lowest BCUT2D eigenvalue weighted by atomic mass is 10.1. The zero-order valence-corrected chi connectivity index (χ0v) is 23.9. The van der Waals surface area contributed by atoms with Crippen molar-refractivity contribution >= 4 is 34.2 Å². The van der Waals surface area contributed by atoms with Gasteiger partial charge in [0.05, 0.1) is 25.2 Å². The maximum absolute atomic E-state index is 12.7. The van der Waals surface area contributed by atoms with Crippen molar-refractivity contribution in [1.82, 2.24) is 0 Å². The first-order valence-electron chi connectivity index (χ1n) is 14.1. The third kappa shape index (κ3) is 8.59. The van der Waals surface area contributed by atoms with E-state index in [0.29, 0.717) is 19.6 Å².